The van der Waals surface area contributed by atoms with Gasteiger partial charge in [-0.2, -0.15) is 0 Å². The summed E-state index contributed by atoms with van der Waals surface area (Å²) in [5.74, 6) is 0.660. The van der Waals surface area contributed by atoms with Crippen molar-refractivity contribution in [1.82, 2.24) is 9.97 Å². The summed E-state index contributed by atoms with van der Waals surface area (Å²) in [7, 11) is 0. The Bertz CT molecular complexity index is 540. The average molecular weight is 265 g/mol. The fourth-order valence-corrected chi connectivity index (χ4v) is 3.70. The van der Waals surface area contributed by atoms with Crippen molar-refractivity contribution in [2.45, 2.75) is 32.7 Å². The first-order valence-corrected chi connectivity index (χ1v) is 7.50. The van der Waals surface area contributed by atoms with E-state index in [1.807, 2.05) is 6.92 Å². The van der Waals surface area contributed by atoms with E-state index in [4.69, 9.17) is 5.73 Å². The van der Waals surface area contributed by atoms with Crippen LogP contribution in [0.15, 0.2) is 5.38 Å². The van der Waals surface area contributed by atoms with Gasteiger partial charge in [0.2, 0.25) is 0 Å². The van der Waals surface area contributed by atoms with Crippen LogP contribution in [0.2, 0.25) is 0 Å². The van der Waals surface area contributed by atoms with Crippen molar-refractivity contribution < 1.29 is 0 Å². The van der Waals surface area contributed by atoms with Crippen LogP contribution in [0.1, 0.15) is 33.8 Å². The highest BCUT2D eigenvalue weighted by molar-refractivity contribution is 7.12. The van der Waals surface area contributed by atoms with Gasteiger partial charge < -0.3 is 5.73 Å². The van der Waals surface area contributed by atoms with E-state index in [0.717, 1.165) is 21.4 Å². The summed E-state index contributed by atoms with van der Waals surface area (Å²) in [5, 5.41) is 4.24. The van der Waals surface area contributed by atoms with Gasteiger partial charge in [0.15, 0.2) is 0 Å². The van der Waals surface area contributed by atoms with E-state index in [-0.39, 0.29) is 6.04 Å². The van der Waals surface area contributed by atoms with E-state index in [1.165, 1.54) is 17.7 Å². The molecule has 1 aliphatic rings. The summed E-state index contributed by atoms with van der Waals surface area (Å²) >= 11 is 3.39. The first-order valence-electron chi connectivity index (χ1n) is 5.80. The summed E-state index contributed by atoms with van der Waals surface area (Å²) < 4.78 is 0. The first kappa shape index (κ1) is 11.3. The minimum atomic E-state index is 0.133. The van der Waals surface area contributed by atoms with Crippen molar-refractivity contribution in [2.24, 2.45) is 11.7 Å². The SMILES string of the molecule is Cc1nc(-c2csc(C(N)C3CC3)n2)c(C)s1. The summed E-state index contributed by atoms with van der Waals surface area (Å²) in [6.07, 6.45) is 2.51. The molecule has 2 heterocycles. The average Bonchev–Trinajstić information content (AvgIpc) is 2.93. The third-order valence-electron chi connectivity index (χ3n) is 3.08. The molecule has 3 rings (SSSR count). The predicted octanol–water partition coefficient (Wildman–Crippen LogP) is 3.29. The molecule has 1 unspecified atom stereocenters. The molecule has 90 valence electrons. The van der Waals surface area contributed by atoms with Crippen molar-refractivity contribution in [3.63, 3.8) is 0 Å². The number of aromatic nitrogens is 2. The molecular formula is C12H15N3S2. The van der Waals surface area contributed by atoms with Crippen molar-refractivity contribution in [2.75, 3.05) is 0 Å². The van der Waals surface area contributed by atoms with E-state index in [1.54, 1.807) is 22.7 Å². The molecule has 2 N–H and O–H groups in total. The van der Waals surface area contributed by atoms with Gasteiger partial charge in [0.25, 0.3) is 0 Å². The summed E-state index contributed by atoms with van der Waals surface area (Å²) in [5.41, 5.74) is 8.18. The second-order valence-electron chi connectivity index (χ2n) is 4.57. The van der Waals surface area contributed by atoms with Crippen LogP contribution in [0.4, 0.5) is 0 Å². The van der Waals surface area contributed by atoms with Crippen LogP contribution in [-0.2, 0) is 0 Å². The standard InChI is InChI=1S/C12H15N3S2/c1-6-11(14-7(2)17-6)9-5-16-12(15-9)10(13)8-3-4-8/h5,8,10H,3-4,13H2,1-2H3. The lowest BCUT2D eigenvalue weighted by Crippen LogP contribution is -2.11. The van der Waals surface area contributed by atoms with Gasteiger partial charge >= 0.3 is 0 Å². The van der Waals surface area contributed by atoms with E-state index in [9.17, 15) is 0 Å². The molecule has 5 heteroatoms. The molecule has 0 aliphatic heterocycles. The number of thiazole rings is 2. The zero-order valence-corrected chi connectivity index (χ0v) is 11.6. The van der Waals surface area contributed by atoms with Gasteiger partial charge in [-0.05, 0) is 32.6 Å². The van der Waals surface area contributed by atoms with Gasteiger partial charge in [-0.15, -0.1) is 22.7 Å². The van der Waals surface area contributed by atoms with Gasteiger partial charge in [-0.1, -0.05) is 0 Å². The topological polar surface area (TPSA) is 51.8 Å². The lowest BCUT2D eigenvalue weighted by atomic mass is 10.2. The molecule has 0 aromatic carbocycles. The van der Waals surface area contributed by atoms with Crippen LogP contribution < -0.4 is 5.73 Å². The Morgan fingerprint density at radius 3 is 2.71 bits per heavy atom. The molecule has 1 atom stereocenters. The second-order valence-corrected chi connectivity index (χ2v) is 6.87. The van der Waals surface area contributed by atoms with Crippen LogP contribution >= 0.6 is 22.7 Å². The molecule has 1 fully saturated rings. The Kier molecular flexibility index (Phi) is 2.77. The van der Waals surface area contributed by atoms with Crippen molar-refractivity contribution in [1.29, 1.82) is 0 Å². The molecule has 17 heavy (non-hydrogen) atoms. The summed E-state index contributed by atoms with van der Waals surface area (Å²) in [6.45, 7) is 4.13. The molecule has 0 amide bonds. The van der Waals surface area contributed by atoms with Crippen molar-refractivity contribution in [3.05, 3.63) is 20.3 Å². The van der Waals surface area contributed by atoms with Gasteiger partial charge in [0.1, 0.15) is 16.4 Å². The van der Waals surface area contributed by atoms with Crippen molar-refractivity contribution >= 4 is 22.7 Å². The Balaban J connectivity index is 1.91. The number of nitrogens with two attached hydrogens (primary N) is 1. The van der Waals surface area contributed by atoms with Crippen LogP contribution in [-0.4, -0.2) is 9.97 Å². The number of hydrogen-bond donors (Lipinski definition) is 1. The second kappa shape index (κ2) is 4.15. The highest BCUT2D eigenvalue weighted by Gasteiger charge is 2.31. The molecular weight excluding hydrogens is 250 g/mol. The van der Waals surface area contributed by atoms with Gasteiger partial charge in [-0.3, -0.25) is 0 Å². The number of aryl methyl sites for hydroxylation is 2. The van der Waals surface area contributed by atoms with Crippen LogP contribution in [0.25, 0.3) is 11.4 Å². The number of nitrogens with zero attached hydrogens (tertiary/aromatic N) is 2. The first-order chi connectivity index (χ1) is 8.15. The fraction of sp³-hybridized carbons (Fsp3) is 0.500. The molecule has 2 aromatic rings. The van der Waals surface area contributed by atoms with Crippen LogP contribution in [0, 0.1) is 19.8 Å². The maximum Gasteiger partial charge on any atom is 0.110 e. The maximum absolute atomic E-state index is 6.17. The van der Waals surface area contributed by atoms with Crippen molar-refractivity contribution in [3.8, 4) is 11.4 Å². The summed E-state index contributed by atoms with van der Waals surface area (Å²) in [4.78, 5) is 10.4. The van der Waals surface area contributed by atoms with E-state index in [2.05, 4.69) is 22.3 Å². The van der Waals surface area contributed by atoms with E-state index in [0.29, 0.717) is 5.92 Å². The Labute approximate surface area is 109 Å². The van der Waals surface area contributed by atoms with Gasteiger partial charge in [0.05, 0.1) is 11.0 Å². The molecule has 2 aromatic heterocycles. The largest absolute Gasteiger partial charge is 0.322 e. The molecule has 1 saturated carbocycles. The monoisotopic (exact) mass is 265 g/mol. The van der Waals surface area contributed by atoms with Gasteiger partial charge in [0, 0.05) is 10.3 Å². The molecule has 3 nitrogen and oxygen atoms in total. The minimum Gasteiger partial charge on any atom is -0.322 e. The molecule has 0 saturated heterocycles. The summed E-state index contributed by atoms with van der Waals surface area (Å²) in [6, 6.07) is 0.133. The smallest absolute Gasteiger partial charge is 0.110 e. The third-order valence-corrected chi connectivity index (χ3v) is 4.92. The quantitative estimate of drug-likeness (QED) is 0.926. The normalized spacial score (nSPS) is 17.4. The zero-order valence-electron chi connectivity index (χ0n) is 9.93. The molecule has 0 bridgehead atoms. The zero-order chi connectivity index (χ0) is 12.0. The van der Waals surface area contributed by atoms with E-state index >= 15 is 0 Å². The Morgan fingerprint density at radius 2 is 2.12 bits per heavy atom. The predicted molar refractivity (Wildman–Crippen MR) is 72.3 cm³/mol. The lowest BCUT2D eigenvalue weighted by Gasteiger charge is -2.04. The minimum absolute atomic E-state index is 0.133. The van der Waals surface area contributed by atoms with Gasteiger partial charge in [-0.25, -0.2) is 9.97 Å². The highest BCUT2D eigenvalue weighted by Crippen LogP contribution is 2.41. The Morgan fingerprint density at radius 1 is 1.35 bits per heavy atom. The third kappa shape index (κ3) is 2.14. The Hall–Kier alpha value is -0.780. The van der Waals surface area contributed by atoms with E-state index < -0.39 is 0 Å². The molecule has 0 radical (unpaired) electrons. The number of hydrogen-bond acceptors (Lipinski definition) is 5. The molecule has 0 spiro atoms. The highest BCUT2D eigenvalue weighted by atomic mass is 32.1. The lowest BCUT2D eigenvalue weighted by molar-refractivity contribution is 0.629. The van der Waals surface area contributed by atoms with Crippen LogP contribution in [0.3, 0.4) is 0 Å². The fourth-order valence-electron chi connectivity index (χ4n) is 1.97. The van der Waals surface area contributed by atoms with Crippen LogP contribution in [0.5, 0.6) is 0 Å². The molecule has 1 aliphatic carbocycles. The maximum atomic E-state index is 6.17. The number of rotatable bonds is 3.